The van der Waals surface area contributed by atoms with Gasteiger partial charge in [0.2, 0.25) is 0 Å². The molecule has 0 N–H and O–H groups in total. The second kappa shape index (κ2) is 6.96. The predicted molar refractivity (Wildman–Crippen MR) is 89.2 cm³/mol. The Morgan fingerprint density at radius 2 is 2.30 bits per heavy atom. The van der Waals surface area contributed by atoms with Gasteiger partial charge in [0.1, 0.15) is 0 Å². The van der Waals surface area contributed by atoms with Crippen molar-refractivity contribution < 1.29 is 9.53 Å². The highest BCUT2D eigenvalue weighted by Gasteiger charge is 2.20. The molecular formula is C18H23N3O2. The fourth-order valence-corrected chi connectivity index (χ4v) is 3.01. The summed E-state index contributed by atoms with van der Waals surface area (Å²) in [7, 11) is 3.79. The van der Waals surface area contributed by atoms with Crippen LogP contribution < -0.4 is 0 Å². The largest absolute Gasteiger partial charge is 0.376 e. The van der Waals surface area contributed by atoms with E-state index in [2.05, 4.69) is 4.98 Å². The van der Waals surface area contributed by atoms with Crippen molar-refractivity contribution in [1.29, 1.82) is 0 Å². The molecule has 1 aromatic carbocycles. The fourth-order valence-electron chi connectivity index (χ4n) is 3.01. The fraction of sp³-hybridized carbons (Fsp3) is 0.444. The van der Waals surface area contributed by atoms with E-state index in [1.54, 1.807) is 11.2 Å². The third-order valence-electron chi connectivity index (χ3n) is 4.32. The van der Waals surface area contributed by atoms with E-state index in [4.69, 9.17) is 4.74 Å². The lowest BCUT2D eigenvalue weighted by molar-refractivity contribution is -0.000186. The molecule has 0 saturated carbocycles. The van der Waals surface area contributed by atoms with Crippen LogP contribution in [0.25, 0.3) is 11.3 Å². The number of amides is 1. The van der Waals surface area contributed by atoms with Gasteiger partial charge < -0.3 is 14.2 Å². The highest BCUT2D eigenvalue weighted by atomic mass is 16.5. The molecule has 2 aromatic rings. The van der Waals surface area contributed by atoms with Crippen LogP contribution in [0.3, 0.4) is 0 Å². The van der Waals surface area contributed by atoms with E-state index >= 15 is 0 Å². The molecular weight excluding hydrogens is 290 g/mol. The molecule has 2 heterocycles. The van der Waals surface area contributed by atoms with Gasteiger partial charge in [-0.3, -0.25) is 4.79 Å². The maximum absolute atomic E-state index is 12.7. The Bertz CT molecular complexity index is 674. The Labute approximate surface area is 136 Å². The first-order chi connectivity index (χ1) is 11.1. The van der Waals surface area contributed by atoms with Crippen LogP contribution in [0, 0.1) is 0 Å². The van der Waals surface area contributed by atoms with Crippen LogP contribution in [0.1, 0.15) is 29.6 Å². The van der Waals surface area contributed by atoms with Gasteiger partial charge in [0.15, 0.2) is 0 Å². The van der Waals surface area contributed by atoms with Crippen molar-refractivity contribution in [3.8, 4) is 11.3 Å². The Balaban J connectivity index is 1.73. The molecule has 1 amide bonds. The molecule has 0 bridgehead atoms. The minimum atomic E-state index is 0.0307. The van der Waals surface area contributed by atoms with Crippen LogP contribution >= 0.6 is 0 Å². The third-order valence-corrected chi connectivity index (χ3v) is 4.32. The summed E-state index contributed by atoms with van der Waals surface area (Å²) in [5.74, 6) is 0.0307. The molecule has 0 radical (unpaired) electrons. The molecule has 122 valence electrons. The maximum atomic E-state index is 12.7. The van der Waals surface area contributed by atoms with Gasteiger partial charge in [-0.15, -0.1) is 0 Å². The number of benzene rings is 1. The molecule has 1 fully saturated rings. The Hall–Kier alpha value is -2.14. The van der Waals surface area contributed by atoms with E-state index in [0.717, 1.165) is 30.7 Å². The molecule has 23 heavy (non-hydrogen) atoms. The monoisotopic (exact) mass is 313 g/mol. The van der Waals surface area contributed by atoms with Crippen molar-refractivity contribution in [2.24, 2.45) is 7.05 Å². The van der Waals surface area contributed by atoms with E-state index in [-0.39, 0.29) is 12.0 Å². The zero-order valence-corrected chi connectivity index (χ0v) is 13.7. The van der Waals surface area contributed by atoms with Gasteiger partial charge in [0.05, 0.1) is 24.3 Å². The van der Waals surface area contributed by atoms with Crippen LogP contribution in [-0.4, -0.2) is 46.7 Å². The van der Waals surface area contributed by atoms with Gasteiger partial charge in [-0.05, 0) is 31.4 Å². The highest BCUT2D eigenvalue weighted by Crippen LogP contribution is 2.20. The number of imidazole rings is 1. The van der Waals surface area contributed by atoms with E-state index in [1.807, 2.05) is 49.1 Å². The molecule has 1 aliphatic heterocycles. The van der Waals surface area contributed by atoms with Crippen LogP contribution in [0.15, 0.2) is 36.8 Å². The lowest BCUT2D eigenvalue weighted by Gasteiger charge is -2.27. The normalized spacial score (nSPS) is 17.9. The molecule has 0 unspecified atom stereocenters. The number of hydrogen-bond donors (Lipinski definition) is 0. The minimum Gasteiger partial charge on any atom is -0.376 e. The summed E-state index contributed by atoms with van der Waals surface area (Å²) in [4.78, 5) is 18.6. The highest BCUT2D eigenvalue weighted by molar-refractivity contribution is 5.95. The maximum Gasteiger partial charge on any atom is 0.253 e. The lowest BCUT2D eigenvalue weighted by Crippen LogP contribution is -2.37. The van der Waals surface area contributed by atoms with Crippen molar-refractivity contribution in [2.75, 3.05) is 20.2 Å². The zero-order chi connectivity index (χ0) is 16.2. The Morgan fingerprint density at radius 3 is 3.00 bits per heavy atom. The number of carbonyl (C=O) groups is 1. The first-order valence-corrected chi connectivity index (χ1v) is 8.09. The molecule has 0 spiro atoms. The van der Waals surface area contributed by atoms with Crippen molar-refractivity contribution in [3.63, 3.8) is 0 Å². The summed E-state index contributed by atoms with van der Waals surface area (Å²) >= 11 is 0. The van der Waals surface area contributed by atoms with Gasteiger partial charge in [-0.25, -0.2) is 4.98 Å². The SMILES string of the molecule is CN(C[C@H]1CCCCO1)C(=O)c1cccc(-c2cncn2C)c1. The van der Waals surface area contributed by atoms with Gasteiger partial charge in [0, 0.05) is 38.4 Å². The molecule has 3 rings (SSSR count). The van der Waals surface area contributed by atoms with Gasteiger partial charge in [-0.2, -0.15) is 0 Å². The van der Waals surface area contributed by atoms with Gasteiger partial charge in [0.25, 0.3) is 5.91 Å². The summed E-state index contributed by atoms with van der Waals surface area (Å²) in [5.41, 5.74) is 2.69. The number of aryl methyl sites for hydroxylation is 1. The van der Waals surface area contributed by atoms with E-state index in [0.29, 0.717) is 12.1 Å². The third kappa shape index (κ3) is 3.62. The molecule has 5 nitrogen and oxygen atoms in total. The number of likely N-dealkylation sites (N-methyl/N-ethyl adjacent to an activating group) is 1. The molecule has 0 aliphatic carbocycles. The van der Waals surface area contributed by atoms with Crippen LogP contribution in [-0.2, 0) is 11.8 Å². The van der Waals surface area contributed by atoms with Crippen molar-refractivity contribution in [1.82, 2.24) is 14.5 Å². The van der Waals surface area contributed by atoms with Crippen molar-refractivity contribution in [2.45, 2.75) is 25.4 Å². The summed E-state index contributed by atoms with van der Waals surface area (Å²) in [6.07, 6.45) is 7.08. The standard InChI is InChI=1S/C18H23N3O2/c1-20(12-16-8-3-4-9-23-16)18(22)15-7-5-6-14(10-15)17-11-19-13-21(17)2/h5-7,10-11,13,16H,3-4,8-9,12H2,1-2H3/t16-/m1/s1. The molecule has 1 saturated heterocycles. The first kappa shape index (κ1) is 15.7. The van der Waals surface area contributed by atoms with Crippen LogP contribution in [0.5, 0.6) is 0 Å². The molecule has 1 aliphatic rings. The van der Waals surface area contributed by atoms with Crippen molar-refractivity contribution in [3.05, 3.63) is 42.4 Å². The molecule has 5 heteroatoms. The number of ether oxygens (including phenoxy) is 1. The lowest BCUT2D eigenvalue weighted by atomic mass is 10.1. The molecule has 1 atom stereocenters. The van der Waals surface area contributed by atoms with E-state index < -0.39 is 0 Å². The van der Waals surface area contributed by atoms with Crippen LogP contribution in [0.4, 0.5) is 0 Å². The van der Waals surface area contributed by atoms with Gasteiger partial charge in [-0.1, -0.05) is 12.1 Å². The van der Waals surface area contributed by atoms with Crippen molar-refractivity contribution >= 4 is 5.91 Å². The minimum absolute atomic E-state index is 0.0307. The van der Waals surface area contributed by atoms with E-state index in [1.165, 1.54) is 6.42 Å². The number of nitrogens with zero attached hydrogens (tertiary/aromatic N) is 3. The van der Waals surface area contributed by atoms with Crippen LogP contribution in [0.2, 0.25) is 0 Å². The first-order valence-electron chi connectivity index (χ1n) is 8.09. The van der Waals surface area contributed by atoms with E-state index in [9.17, 15) is 4.79 Å². The second-order valence-corrected chi connectivity index (χ2v) is 6.14. The Kier molecular flexibility index (Phi) is 4.76. The quantitative estimate of drug-likeness (QED) is 0.872. The average Bonchev–Trinajstić information content (AvgIpc) is 3.01. The summed E-state index contributed by atoms with van der Waals surface area (Å²) in [6, 6.07) is 7.70. The summed E-state index contributed by atoms with van der Waals surface area (Å²) < 4.78 is 7.68. The number of carbonyl (C=O) groups excluding carboxylic acids is 1. The summed E-state index contributed by atoms with van der Waals surface area (Å²) in [5, 5.41) is 0. The molecule has 1 aromatic heterocycles. The number of aromatic nitrogens is 2. The Morgan fingerprint density at radius 1 is 1.43 bits per heavy atom. The average molecular weight is 313 g/mol. The number of rotatable bonds is 4. The topological polar surface area (TPSA) is 47.4 Å². The predicted octanol–water partition coefficient (Wildman–Crippen LogP) is 2.73. The second-order valence-electron chi connectivity index (χ2n) is 6.14. The summed E-state index contributed by atoms with van der Waals surface area (Å²) in [6.45, 7) is 1.46. The van der Waals surface area contributed by atoms with Gasteiger partial charge >= 0.3 is 0 Å². The smallest absolute Gasteiger partial charge is 0.253 e. The zero-order valence-electron chi connectivity index (χ0n) is 13.7. The number of hydrogen-bond acceptors (Lipinski definition) is 3.